The minimum atomic E-state index is -0.743. The topological polar surface area (TPSA) is 86.1 Å². The van der Waals surface area contributed by atoms with Gasteiger partial charge in [-0.1, -0.05) is 6.07 Å². The molecule has 0 amide bonds. The largest absolute Gasteiger partial charge is 0.507 e. The lowest BCUT2D eigenvalue weighted by Crippen LogP contribution is -2.47. The van der Waals surface area contributed by atoms with Gasteiger partial charge in [-0.25, -0.2) is 9.78 Å². The SMILES string of the molecule is COC(=O)c1cc(C(O)CN2CCN(c3nc(C)cs3)CC2)ccc1O. The van der Waals surface area contributed by atoms with Crippen LogP contribution in [0.4, 0.5) is 5.13 Å². The number of piperazine rings is 1. The number of aliphatic hydroxyl groups excluding tert-OH is 1. The fourth-order valence-corrected chi connectivity index (χ4v) is 3.85. The minimum Gasteiger partial charge on any atom is -0.507 e. The highest BCUT2D eigenvalue weighted by Gasteiger charge is 2.22. The van der Waals surface area contributed by atoms with Gasteiger partial charge in [0.25, 0.3) is 0 Å². The molecule has 2 heterocycles. The summed E-state index contributed by atoms with van der Waals surface area (Å²) in [5.74, 6) is -0.774. The maximum Gasteiger partial charge on any atom is 0.341 e. The lowest BCUT2D eigenvalue weighted by molar-refractivity contribution is 0.0596. The Balaban J connectivity index is 1.59. The molecule has 0 aliphatic carbocycles. The number of anilines is 1. The van der Waals surface area contributed by atoms with E-state index in [4.69, 9.17) is 0 Å². The third-order valence-electron chi connectivity index (χ3n) is 4.49. The van der Waals surface area contributed by atoms with Crippen LogP contribution in [0.1, 0.15) is 27.7 Å². The van der Waals surface area contributed by atoms with E-state index in [0.717, 1.165) is 37.0 Å². The van der Waals surface area contributed by atoms with Crippen molar-refractivity contribution in [2.45, 2.75) is 13.0 Å². The first kappa shape index (κ1) is 18.6. The summed E-state index contributed by atoms with van der Waals surface area (Å²) < 4.78 is 4.66. The summed E-state index contributed by atoms with van der Waals surface area (Å²) in [6.07, 6.45) is -0.743. The Labute approximate surface area is 156 Å². The molecule has 1 fully saturated rings. The highest BCUT2D eigenvalue weighted by Crippen LogP contribution is 2.25. The Morgan fingerprint density at radius 1 is 1.35 bits per heavy atom. The maximum absolute atomic E-state index is 11.7. The van der Waals surface area contributed by atoms with Crippen molar-refractivity contribution in [1.29, 1.82) is 0 Å². The molecule has 0 radical (unpaired) electrons. The fourth-order valence-electron chi connectivity index (χ4n) is 2.99. The second-order valence-corrected chi connectivity index (χ2v) is 7.18. The van der Waals surface area contributed by atoms with Crippen molar-refractivity contribution in [1.82, 2.24) is 9.88 Å². The van der Waals surface area contributed by atoms with Gasteiger partial charge < -0.3 is 19.8 Å². The van der Waals surface area contributed by atoms with Crippen LogP contribution in [0, 0.1) is 6.92 Å². The van der Waals surface area contributed by atoms with Crippen molar-refractivity contribution in [2.24, 2.45) is 0 Å². The number of aromatic nitrogens is 1. The lowest BCUT2D eigenvalue weighted by atomic mass is 10.0. The van der Waals surface area contributed by atoms with Gasteiger partial charge in [-0.15, -0.1) is 11.3 Å². The molecule has 26 heavy (non-hydrogen) atoms. The molecule has 1 aliphatic rings. The standard InChI is InChI=1S/C18H23N3O4S/c1-12-11-26-18(19-12)21-7-5-20(6-8-21)10-16(23)13-3-4-15(22)14(9-13)17(24)25-2/h3-4,9,11,16,22-23H,5-8,10H2,1-2H3. The molecule has 1 atom stereocenters. The summed E-state index contributed by atoms with van der Waals surface area (Å²) in [5.41, 5.74) is 1.69. The zero-order chi connectivity index (χ0) is 18.7. The number of β-amino-alcohol motifs (C(OH)–C–C–N with tert-alkyl or cyclic N) is 1. The monoisotopic (exact) mass is 377 g/mol. The van der Waals surface area contributed by atoms with Gasteiger partial charge in [0.1, 0.15) is 11.3 Å². The van der Waals surface area contributed by atoms with Crippen LogP contribution in [0.3, 0.4) is 0 Å². The van der Waals surface area contributed by atoms with E-state index in [-0.39, 0.29) is 11.3 Å². The van der Waals surface area contributed by atoms with Gasteiger partial charge in [-0.3, -0.25) is 4.90 Å². The molecule has 1 unspecified atom stereocenters. The molecule has 1 aromatic heterocycles. The molecule has 2 aromatic rings. The molecule has 0 saturated carbocycles. The van der Waals surface area contributed by atoms with Crippen LogP contribution in [0.15, 0.2) is 23.6 Å². The van der Waals surface area contributed by atoms with E-state index < -0.39 is 12.1 Å². The number of hydrogen-bond acceptors (Lipinski definition) is 8. The molecule has 1 saturated heterocycles. The molecule has 8 heteroatoms. The Bertz CT molecular complexity index is 772. The second kappa shape index (κ2) is 8.03. The number of aromatic hydroxyl groups is 1. The number of carbonyl (C=O) groups excluding carboxylic acids is 1. The number of phenols is 1. The van der Waals surface area contributed by atoms with Crippen molar-refractivity contribution in [3.8, 4) is 5.75 Å². The fraction of sp³-hybridized carbons (Fsp3) is 0.444. The van der Waals surface area contributed by atoms with Crippen LogP contribution >= 0.6 is 11.3 Å². The van der Waals surface area contributed by atoms with Gasteiger partial charge >= 0.3 is 5.97 Å². The first-order valence-electron chi connectivity index (χ1n) is 8.46. The van der Waals surface area contributed by atoms with Gasteiger partial charge in [-0.05, 0) is 24.6 Å². The third-order valence-corrected chi connectivity index (χ3v) is 5.51. The normalized spacial score (nSPS) is 16.5. The van der Waals surface area contributed by atoms with Gasteiger partial charge in [0.2, 0.25) is 0 Å². The van der Waals surface area contributed by atoms with Gasteiger partial charge in [0, 0.05) is 38.1 Å². The number of carbonyl (C=O) groups is 1. The average molecular weight is 377 g/mol. The van der Waals surface area contributed by atoms with Gasteiger partial charge in [0.15, 0.2) is 5.13 Å². The third kappa shape index (κ3) is 4.14. The van der Waals surface area contributed by atoms with Crippen molar-refractivity contribution in [3.05, 3.63) is 40.4 Å². The van der Waals surface area contributed by atoms with E-state index in [0.29, 0.717) is 12.1 Å². The molecule has 0 bridgehead atoms. The van der Waals surface area contributed by atoms with E-state index >= 15 is 0 Å². The van der Waals surface area contributed by atoms with Crippen LogP contribution in [0.25, 0.3) is 0 Å². The number of rotatable bonds is 5. The van der Waals surface area contributed by atoms with Crippen molar-refractivity contribution in [2.75, 3.05) is 44.7 Å². The number of methoxy groups -OCH3 is 1. The quantitative estimate of drug-likeness (QED) is 0.769. The first-order valence-corrected chi connectivity index (χ1v) is 9.34. The predicted molar refractivity (Wildman–Crippen MR) is 99.9 cm³/mol. The zero-order valence-electron chi connectivity index (χ0n) is 14.9. The van der Waals surface area contributed by atoms with Crippen molar-refractivity contribution in [3.63, 3.8) is 0 Å². The molecule has 1 aliphatic heterocycles. The summed E-state index contributed by atoms with van der Waals surface area (Å²) >= 11 is 1.66. The number of phenolic OH excluding ortho intramolecular Hbond substituents is 1. The van der Waals surface area contributed by atoms with Gasteiger partial charge in [-0.2, -0.15) is 0 Å². The smallest absolute Gasteiger partial charge is 0.341 e. The number of esters is 1. The number of nitrogens with zero attached hydrogens (tertiary/aromatic N) is 3. The van der Waals surface area contributed by atoms with Gasteiger partial charge in [0.05, 0.1) is 18.9 Å². The summed E-state index contributed by atoms with van der Waals surface area (Å²) in [6.45, 7) is 5.85. The summed E-state index contributed by atoms with van der Waals surface area (Å²) in [5, 5.41) is 23.4. The van der Waals surface area contributed by atoms with E-state index in [2.05, 4.69) is 24.9 Å². The molecule has 7 nitrogen and oxygen atoms in total. The average Bonchev–Trinajstić information content (AvgIpc) is 3.08. The van der Waals surface area contributed by atoms with E-state index in [1.54, 1.807) is 17.4 Å². The molecule has 140 valence electrons. The highest BCUT2D eigenvalue weighted by molar-refractivity contribution is 7.13. The molecule has 0 spiro atoms. The molecular weight excluding hydrogens is 354 g/mol. The molecule has 3 rings (SSSR count). The van der Waals surface area contributed by atoms with Crippen LogP contribution in [-0.4, -0.2) is 65.9 Å². The van der Waals surface area contributed by atoms with Crippen LogP contribution in [0.2, 0.25) is 0 Å². The number of benzene rings is 1. The Morgan fingerprint density at radius 3 is 2.69 bits per heavy atom. The summed E-state index contributed by atoms with van der Waals surface area (Å²) in [7, 11) is 1.26. The zero-order valence-corrected chi connectivity index (χ0v) is 15.7. The van der Waals surface area contributed by atoms with E-state index in [1.165, 1.54) is 19.2 Å². The van der Waals surface area contributed by atoms with Crippen molar-refractivity contribution >= 4 is 22.4 Å². The molecular formula is C18H23N3O4S. The number of aliphatic hydroxyl groups is 1. The van der Waals surface area contributed by atoms with E-state index in [1.807, 2.05) is 6.92 Å². The number of hydrogen-bond donors (Lipinski definition) is 2. The van der Waals surface area contributed by atoms with E-state index in [9.17, 15) is 15.0 Å². The summed E-state index contributed by atoms with van der Waals surface area (Å²) in [4.78, 5) is 20.7. The lowest BCUT2D eigenvalue weighted by Gasteiger charge is -2.35. The maximum atomic E-state index is 11.7. The molecule has 1 aromatic carbocycles. The minimum absolute atomic E-state index is 0.0630. The Morgan fingerprint density at radius 2 is 2.08 bits per heavy atom. The first-order chi connectivity index (χ1) is 12.5. The molecule has 2 N–H and O–H groups in total. The van der Waals surface area contributed by atoms with Crippen LogP contribution in [0.5, 0.6) is 5.75 Å². The summed E-state index contributed by atoms with van der Waals surface area (Å²) in [6, 6.07) is 4.52. The Hall–Kier alpha value is -2.16. The highest BCUT2D eigenvalue weighted by atomic mass is 32.1. The number of thiazole rings is 1. The predicted octanol–water partition coefficient (Wildman–Crippen LogP) is 1.80. The number of aryl methyl sites for hydroxylation is 1. The second-order valence-electron chi connectivity index (χ2n) is 6.34. The van der Waals surface area contributed by atoms with Crippen LogP contribution < -0.4 is 4.90 Å². The Kier molecular flexibility index (Phi) is 5.75. The van der Waals surface area contributed by atoms with Crippen molar-refractivity contribution < 1.29 is 19.7 Å². The number of ether oxygens (including phenoxy) is 1. The van der Waals surface area contributed by atoms with Crippen LogP contribution in [-0.2, 0) is 4.74 Å².